The van der Waals surface area contributed by atoms with Crippen LogP contribution in [0.2, 0.25) is 0 Å². The lowest BCUT2D eigenvalue weighted by atomic mass is 9.89. The van der Waals surface area contributed by atoms with Crippen LogP contribution in [0.3, 0.4) is 0 Å². The predicted molar refractivity (Wildman–Crippen MR) is 219 cm³/mol. The highest BCUT2D eigenvalue weighted by Gasteiger charge is 2.39. The molecule has 9 rings (SSSR count). The molecule has 4 aliphatic rings. The number of piperazine rings is 1. The molecule has 3 N–H and O–H groups in total. The molecular weight excluding hydrogens is 787 g/mol. The van der Waals surface area contributed by atoms with Gasteiger partial charge in [0.05, 0.1) is 40.1 Å². The first kappa shape index (κ1) is 40.2. The molecule has 2 aromatic carbocycles. The molecule has 4 fully saturated rings. The van der Waals surface area contributed by atoms with Crippen LogP contribution in [-0.2, 0) is 20.0 Å². The lowest BCUT2D eigenvalue weighted by Crippen LogP contribution is -2.59. The van der Waals surface area contributed by atoms with Crippen molar-refractivity contribution >= 4 is 51.6 Å². The first-order chi connectivity index (χ1) is 29.2. The summed E-state index contributed by atoms with van der Waals surface area (Å²) in [6.45, 7) is 6.81. The van der Waals surface area contributed by atoms with Crippen molar-refractivity contribution in [3.05, 3.63) is 89.0 Å². The lowest BCUT2D eigenvalue weighted by Gasteiger charge is -2.45. The summed E-state index contributed by atoms with van der Waals surface area (Å²) in [5, 5.41) is 31.2. The summed E-state index contributed by atoms with van der Waals surface area (Å²) < 4.78 is 33.9. The van der Waals surface area contributed by atoms with Gasteiger partial charge in [0, 0.05) is 104 Å². The van der Waals surface area contributed by atoms with Crippen LogP contribution in [0.5, 0.6) is 0 Å². The van der Waals surface area contributed by atoms with E-state index in [9.17, 15) is 29.5 Å². The fraction of sp³-hybridized carbons (Fsp3) is 0.432. The van der Waals surface area contributed by atoms with E-state index in [1.165, 1.54) is 18.3 Å². The second-order valence-electron chi connectivity index (χ2n) is 17.2. The number of carbonyl (C=O) groups is 4. The highest BCUT2D eigenvalue weighted by atomic mass is 19.1. The van der Waals surface area contributed by atoms with Crippen molar-refractivity contribution in [2.24, 2.45) is 5.92 Å². The lowest BCUT2D eigenvalue weighted by molar-refractivity contribution is -0.138. The molecule has 0 bridgehead atoms. The summed E-state index contributed by atoms with van der Waals surface area (Å²) in [4.78, 5) is 61.2. The van der Waals surface area contributed by atoms with E-state index in [2.05, 4.69) is 20.5 Å². The third-order valence-electron chi connectivity index (χ3n) is 12.9. The SMILES string of the molecule is CC(C)(O)c1cc2nn(C3CCC(N4CCN(C(=O)C5CN(c6cc(F)c([C@H]7CCC(=O)NC7=O)c(F)c6)C5)CC4)CC3)cc2cc1NC(=O)c1ccn2cc(C#N)cnc12. The van der Waals surface area contributed by atoms with Gasteiger partial charge in [-0.1, -0.05) is 0 Å². The maximum Gasteiger partial charge on any atom is 0.259 e. The molecule has 1 aliphatic carbocycles. The number of nitrogens with one attached hydrogen (secondary N) is 2. The monoisotopic (exact) mass is 832 g/mol. The number of hydrogen-bond acceptors (Lipinski definition) is 10. The van der Waals surface area contributed by atoms with Crippen LogP contribution in [0.25, 0.3) is 16.6 Å². The topological polar surface area (TPSA) is 181 Å². The van der Waals surface area contributed by atoms with E-state index in [0.29, 0.717) is 65.9 Å². The first-order valence-corrected chi connectivity index (χ1v) is 20.8. The van der Waals surface area contributed by atoms with Crippen molar-refractivity contribution in [2.45, 2.75) is 76.0 Å². The maximum atomic E-state index is 15.1. The highest BCUT2D eigenvalue weighted by Crippen LogP contribution is 2.37. The summed E-state index contributed by atoms with van der Waals surface area (Å²) in [6.07, 6.45) is 10.6. The summed E-state index contributed by atoms with van der Waals surface area (Å²) in [5.41, 5.74) is 1.56. The van der Waals surface area contributed by atoms with Crippen molar-refractivity contribution < 1.29 is 33.1 Å². The Morgan fingerprint density at radius 3 is 2.34 bits per heavy atom. The zero-order chi connectivity index (χ0) is 42.7. The fourth-order valence-electron chi connectivity index (χ4n) is 9.46. The zero-order valence-electron chi connectivity index (χ0n) is 33.9. The van der Waals surface area contributed by atoms with Gasteiger partial charge < -0.3 is 24.6 Å². The minimum Gasteiger partial charge on any atom is -0.386 e. The normalized spacial score (nSPS) is 21.7. The van der Waals surface area contributed by atoms with Gasteiger partial charge in [0.2, 0.25) is 17.7 Å². The minimum atomic E-state index is -1.27. The molecule has 1 saturated carbocycles. The summed E-state index contributed by atoms with van der Waals surface area (Å²) in [5.74, 6) is -4.49. The van der Waals surface area contributed by atoms with Crippen molar-refractivity contribution in [3.63, 3.8) is 0 Å². The van der Waals surface area contributed by atoms with Crippen LogP contribution in [0.15, 0.2) is 55.1 Å². The quantitative estimate of drug-likeness (QED) is 0.187. The highest BCUT2D eigenvalue weighted by molar-refractivity contribution is 6.09. The Kier molecular flexibility index (Phi) is 10.3. The minimum absolute atomic E-state index is 0.0214. The number of nitrogens with zero attached hydrogens (tertiary/aromatic N) is 8. The van der Waals surface area contributed by atoms with Crippen LogP contribution < -0.4 is 15.5 Å². The Morgan fingerprint density at radius 1 is 0.967 bits per heavy atom. The predicted octanol–water partition coefficient (Wildman–Crippen LogP) is 4.60. The van der Waals surface area contributed by atoms with Gasteiger partial charge >= 0.3 is 0 Å². The third kappa shape index (κ3) is 7.70. The fourth-order valence-corrected chi connectivity index (χ4v) is 9.46. The van der Waals surface area contributed by atoms with Crippen LogP contribution >= 0.6 is 0 Å². The molecule has 17 heteroatoms. The van der Waals surface area contributed by atoms with Gasteiger partial charge in [-0.05, 0) is 76.3 Å². The van der Waals surface area contributed by atoms with Gasteiger partial charge in [-0.15, -0.1) is 0 Å². The Bertz CT molecular complexity index is 2600. The van der Waals surface area contributed by atoms with Crippen LogP contribution in [0.1, 0.15) is 91.4 Å². The summed E-state index contributed by atoms with van der Waals surface area (Å²) in [7, 11) is 0. The number of aromatic nitrogens is 4. The average molecular weight is 833 g/mol. The molecule has 3 saturated heterocycles. The number of carbonyl (C=O) groups excluding carboxylic acids is 4. The summed E-state index contributed by atoms with van der Waals surface area (Å²) in [6, 6.07) is 10.3. The maximum absolute atomic E-state index is 15.1. The van der Waals surface area contributed by atoms with Crippen molar-refractivity contribution in [3.8, 4) is 6.07 Å². The average Bonchev–Trinajstić information content (AvgIpc) is 3.84. The Balaban J connectivity index is 0.778. The Morgan fingerprint density at radius 2 is 1.67 bits per heavy atom. The third-order valence-corrected chi connectivity index (χ3v) is 12.9. The number of amides is 4. The number of piperidine rings is 1. The van der Waals surface area contributed by atoms with E-state index >= 15 is 8.78 Å². The molecule has 3 aliphatic heterocycles. The van der Waals surface area contributed by atoms with E-state index in [4.69, 9.17) is 5.10 Å². The molecule has 15 nitrogen and oxygen atoms in total. The van der Waals surface area contributed by atoms with Crippen LogP contribution in [0, 0.1) is 28.9 Å². The molecule has 4 amide bonds. The van der Waals surface area contributed by atoms with Crippen LogP contribution in [0.4, 0.5) is 20.2 Å². The Labute approximate surface area is 349 Å². The second-order valence-corrected chi connectivity index (χ2v) is 17.2. The standard InChI is InChI=1S/C44H46F2N10O5/c1-44(2,61)33-18-36-26(15-37(33)49-42(59)32-9-10-54-21-25(19-47)20-48-40(32)54)24-56(51-36)29-5-3-28(4-6-29)52-11-13-53(14-12-52)43(60)27-22-55(23-27)30-16-34(45)39(35(46)17-30)31-7-8-38(57)50-41(31)58/h9-10,15-18,20-21,24,27-29,31,61H,3-8,11-14,22-23H2,1-2H3,(H,49,59)(H,50,57,58)/t28?,29?,31-/m1/s1. The number of rotatable bonds is 8. The number of aliphatic hydroxyl groups is 1. The van der Waals surface area contributed by atoms with Crippen molar-refractivity contribution in [2.75, 3.05) is 49.5 Å². The van der Waals surface area contributed by atoms with Gasteiger partial charge in [-0.25, -0.2) is 13.8 Å². The van der Waals surface area contributed by atoms with Crippen LogP contribution in [-0.4, -0.2) is 103 Å². The van der Waals surface area contributed by atoms with E-state index in [1.54, 1.807) is 41.6 Å². The number of benzene rings is 2. The van der Waals surface area contributed by atoms with E-state index in [-0.39, 0.29) is 36.3 Å². The van der Waals surface area contributed by atoms with E-state index in [0.717, 1.165) is 49.7 Å². The summed E-state index contributed by atoms with van der Waals surface area (Å²) >= 11 is 0. The first-order valence-electron chi connectivity index (χ1n) is 20.8. The number of halogens is 2. The molecular formula is C44H46F2N10O5. The Hall–Kier alpha value is -6.25. The van der Waals surface area contributed by atoms with Crippen molar-refractivity contribution in [1.29, 1.82) is 5.26 Å². The molecule has 1 atom stereocenters. The number of fused-ring (bicyclic) bond motifs is 2. The molecule has 6 heterocycles. The number of nitriles is 1. The smallest absolute Gasteiger partial charge is 0.259 e. The second kappa shape index (κ2) is 15.7. The van der Waals surface area contributed by atoms with Gasteiger partial charge in [-0.2, -0.15) is 10.4 Å². The number of anilines is 2. The van der Waals surface area contributed by atoms with Gasteiger partial charge in [0.15, 0.2) is 0 Å². The van der Waals surface area contributed by atoms with E-state index < -0.39 is 40.9 Å². The molecule has 0 radical (unpaired) electrons. The number of imide groups is 1. The zero-order valence-corrected chi connectivity index (χ0v) is 33.9. The van der Waals surface area contributed by atoms with Gasteiger partial charge in [0.1, 0.15) is 23.4 Å². The molecule has 3 aromatic heterocycles. The largest absolute Gasteiger partial charge is 0.386 e. The molecule has 61 heavy (non-hydrogen) atoms. The molecule has 0 unspecified atom stereocenters. The van der Waals surface area contributed by atoms with Gasteiger partial charge in [0.25, 0.3) is 5.91 Å². The number of hydrogen-bond donors (Lipinski definition) is 3. The molecule has 0 spiro atoms. The molecule has 5 aromatic rings. The molecule has 316 valence electrons. The van der Waals surface area contributed by atoms with Gasteiger partial charge in [-0.3, -0.25) is 34.1 Å². The van der Waals surface area contributed by atoms with E-state index in [1.807, 2.05) is 34.0 Å². The van der Waals surface area contributed by atoms with Crippen molar-refractivity contribution in [1.82, 2.24) is 34.3 Å².